The predicted octanol–water partition coefficient (Wildman–Crippen LogP) is 3.01. The third-order valence-corrected chi connectivity index (χ3v) is 3.30. The lowest BCUT2D eigenvalue weighted by Gasteiger charge is -2.12. The van der Waals surface area contributed by atoms with Gasteiger partial charge in [0.2, 0.25) is 0 Å². The summed E-state index contributed by atoms with van der Waals surface area (Å²) in [6.45, 7) is 0.714. The minimum absolute atomic E-state index is 0.0422. The fourth-order valence-corrected chi connectivity index (χ4v) is 2.13. The van der Waals surface area contributed by atoms with Crippen LogP contribution in [-0.4, -0.2) is 19.6 Å². The molecule has 0 aliphatic rings. The first-order valence-corrected chi connectivity index (χ1v) is 7.22. The van der Waals surface area contributed by atoms with Crippen molar-refractivity contribution >= 4 is 5.96 Å². The van der Waals surface area contributed by atoms with Crippen LogP contribution >= 0.6 is 0 Å². The van der Waals surface area contributed by atoms with E-state index in [9.17, 15) is 13.2 Å². The molecule has 23 heavy (non-hydrogen) atoms. The molecule has 0 unspecified atom stereocenters. The molecule has 3 nitrogen and oxygen atoms in total. The summed E-state index contributed by atoms with van der Waals surface area (Å²) in [4.78, 5) is 4.01. The van der Waals surface area contributed by atoms with Crippen LogP contribution in [0.3, 0.4) is 0 Å². The van der Waals surface area contributed by atoms with Crippen molar-refractivity contribution in [2.24, 2.45) is 4.99 Å². The summed E-state index contributed by atoms with van der Waals surface area (Å²) in [6.07, 6.45) is 0.194. The molecule has 0 saturated carbocycles. The molecule has 2 aromatic carbocycles. The van der Waals surface area contributed by atoms with Crippen LogP contribution in [0.4, 0.5) is 13.2 Å². The first-order chi connectivity index (χ1) is 11.1. The second-order valence-electron chi connectivity index (χ2n) is 4.93. The molecule has 0 radical (unpaired) electrons. The van der Waals surface area contributed by atoms with Crippen molar-refractivity contribution in [3.63, 3.8) is 0 Å². The fourth-order valence-electron chi connectivity index (χ4n) is 2.13. The van der Waals surface area contributed by atoms with Gasteiger partial charge in [-0.2, -0.15) is 0 Å². The highest BCUT2D eigenvalue weighted by molar-refractivity contribution is 5.79. The Labute approximate surface area is 133 Å². The molecule has 2 aromatic rings. The van der Waals surface area contributed by atoms with Crippen molar-refractivity contribution in [3.8, 4) is 0 Å². The Balaban J connectivity index is 1.84. The molecule has 2 rings (SSSR count). The number of rotatable bonds is 5. The van der Waals surface area contributed by atoms with E-state index in [4.69, 9.17) is 0 Å². The van der Waals surface area contributed by atoms with Gasteiger partial charge in [-0.15, -0.1) is 0 Å². The molecule has 0 bridgehead atoms. The topological polar surface area (TPSA) is 36.4 Å². The maximum absolute atomic E-state index is 13.5. The number of nitrogens with zero attached hydrogens (tertiary/aromatic N) is 1. The van der Waals surface area contributed by atoms with E-state index in [1.807, 2.05) is 0 Å². The number of nitrogens with one attached hydrogen (secondary N) is 2. The highest BCUT2D eigenvalue weighted by Crippen LogP contribution is 2.12. The standard InChI is InChI=1S/C17H18F3N3/c1-21-17(23-11-12-4-2-5-13(18)10-12)22-9-8-14-15(19)6-3-7-16(14)20/h2-7,10H,8-9,11H2,1H3,(H2,21,22,23). The zero-order chi connectivity index (χ0) is 16.7. The SMILES string of the molecule is CN=C(NCCc1c(F)cccc1F)NCc1cccc(F)c1. The molecular weight excluding hydrogens is 303 g/mol. The zero-order valence-corrected chi connectivity index (χ0v) is 12.7. The fraction of sp³-hybridized carbons (Fsp3) is 0.235. The summed E-state index contributed by atoms with van der Waals surface area (Å²) in [7, 11) is 1.59. The van der Waals surface area contributed by atoms with Crippen molar-refractivity contribution in [3.05, 3.63) is 71.0 Å². The minimum Gasteiger partial charge on any atom is -0.356 e. The van der Waals surface area contributed by atoms with E-state index >= 15 is 0 Å². The molecule has 0 aromatic heterocycles. The average molecular weight is 321 g/mol. The quantitative estimate of drug-likeness (QED) is 0.656. The van der Waals surface area contributed by atoms with Crippen LogP contribution in [0, 0.1) is 17.5 Å². The third-order valence-electron chi connectivity index (χ3n) is 3.30. The lowest BCUT2D eigenvalue weighted by atomic mass is 10.1. The molecular formula is C17H18F3N3. The number of hydrogen-bond acceptors (Lipinski definition) is 1. The summed E-state index contributed by atoms with van der Waals surface area (Å²) in [5.41, 5.74) is 0.814. The van der Waals surface area contributed by atoms with Crippen molar-refractivity contribution in [1.82, 2.24) is 10.6 Å². The smallest absolute Gasteiger partial charge is 0.191 e. The van der Waals surface area contributed by atoms with Crippen molar-refractivity contribution in [1.29, 1.82) is 0 Å². The number of halogens is 3. The molecule has 0 aliphatic carbocycles. The van der Waals surface area contributed by atoms with E-state index < -0.39 is 11.6 Å². The van der Waals surface area contributed by atoms with E-state index in [1.165, 1.54) is 30.3 Å². The van der Waals surface area contributed by atoms with Crippen molar-refractivity contribution < 1.29 is 13.2 Å². The molecule has 0 fully saturated rings. The van der Waals surface area contributed by atoms with Gasteiger partial charge < -0.3 is 10.6 Å². The molecule has 0 saturated heterocycles. The van der Waals surface area contributed by atoms with Gasteiger partial charge in [0.15, 0.2) is 5.96 Å². The number of hydrogen-bond donors (Lipinski definition) is 2. The highest BCUT2D eigenvalue weighted by Gasteiger charge is 2.08. The molecule has 0 aliphatic heterocycles. The van der Waals surface area contributed by atoms with Gasteiger partial charge in [-0.25, -0.2) is 13.2 Å². The van der Waals surface area contributed by atoms with Crippen LogP contribution in [0.5, 0.6) is 0 Å². The Morgan fingerprint density at radius 3 is 2.35 bits per heavy atom. The zero-order valence-electron chi connectivity index (χ0n) is 12.7. The number of benzene rings is 2. The molecule has 0 heterocycles. The summed E-state index contributed by atoms with van der Waals surface area (Å²) >= 11 is 0. The summed E-state index contributed by atoms with van der Waals surface area (Å²) < 4.78 is 40.1. The maximum Gasteiger partial charge on any atom is 0.191 e. The Bertz CT molecular complexity index is 666. The van der Waals surface area contributed by atoms with Crippen LogP contribution < -0.4 is 10.6 Å². The summed E-state index contributed by atoms with van der Waals surface area (Å²) in [5.74, 6) is -0.947. The van der Waals surface area contributed by atoms with Crippen molar-refractivity contribution in [2.75, 3.05) is 13.6 Å². The first kappa shape index (κ1) is 16.9. The average Bonchev–Trinajstić information content (AvgIpc) is 2.53. The van der Waals surface area contributed by atoms with Crippen LogP contribution in [0.25, 0.3) is 0 Å². The van der Waals surface area contributed by atoms with Gasteiger partial charge in [0.05, 0.1) is 0 Å². The maximum atomic E-state index is 13.5. The molecule has 0 spiro atoms. The van der Waals surface area contributed by atoms with E-state index in [0.717, 1.165) is 5.56 Å². The second-order valence-corrected chi connectivity index (χ2v) is 4.93. The van der Waals surface area contributed by atoms with Crippen LogP contribution in [0.1, 0.15) is 11.1 Å². The van der Waals surface area contributed by atoms with Gasteiger partial charge in [-0.1, -0.05) is 18.2 Å². The summed E-state index contributed by atoms with van der Waals surface area (Å²) in [5, 5.41) is 5.98. The van der Waals surface area contributed by atoms with E-state index in [-0.39, 0.29) is 17.8 Å². The van der Waals surface area contributed by atoms with Gasteiger partial charge in [0.1, 0.15) is 17.5 Å². The van der Waals surface area contributed by atoms with E-state index in [1.54, 1.807) is 19.2 Å². The van der Waals surface area contributed by atoms with Gasteiger partial charge in [0.25, 0.3) is 0 Å². The molecule has 0 atom stereocenters. The largest absolute Gasteiger partial charge is 0.356 e. The van der Waals surface area contributed by atoms with Crippen LogP contribution in [0.15, 0.2) is 47.5 Å². The van der Waals surface area contributed by atoms with E-state index in [2.05, 4.69) is 15.6 Å². The Morgan fingerprint density at radius 2 is 1.70 bits per heavy atom. The highest BCUT2D eigenvalue weighted by atomic mass is 19.1. The monoisotopic (exact) mass is 321 g/mol. The van der Waals surface area contributed by atoms with Gasteiger partial charge in [0, 0.05) is 25.7 Å². The molecule has 0 amide bonds. The van der Waals surface area contributed by atoms with Gasteiger partial charge >= 0.3 is 0 Å². The summed E-state index contributed by atoms with van der Waals surface area (Å²) in [6, 6.07) is 10.0. The number of guanidine groups is 1. The Hall–Kier alpha value is -2.50. The minimum atomic E-state index is -0.561. The first-order valence-electron chi connectivity index (χ1n) is 7.22. The molecule has 6 heteroatoms. The molecule has 122 valence electrons. The normalized spacial score (nSPS) is 11.4. The predicted molar refractivity (Wildman–Crippen MR) is 84.7 cm³/mol. The van der Waals surface area contributed by atoms with Crippen molar-refractivity contribution in [2.45, 2.75) is 13.0 Å². The third kappa shape index (κ3) is 5.02. The van der Waals surface area contributed by atoms with Gasteiger partial charge in [-0.05, 0) is 36.2 Å². The van der Waals surface area contributed by atoms with Crippen LogP contribution in [0.2, 0.25) is 0 Å². The second kappa shape index (κ2) is 8.22. The number of aliphatic imine (C=N–C) groups is 1. The lowest BCUT2D eigenvalue weighted by Crippen LogP contribution is -2.38. The lowest BCUT2D eigenvalue weighted by molar-refractivity contribution is 0.553. The molecule has 2 N–H and O–H groups in total. The van der Waals surface area contributed by atoms with E-state index in [0.29, 0.717) is 19.0 Å². The Morgan fingerprint density at radius 1 is 1.00 bits per heavy atom. The van der Waals surface area contributed by atoms with Crippen LogP contribution in [-0.2, 0) is 13.0 Å². The Kier molecular flexibility index (Phi) is 6.02. The van der Waals surface area contributed by atoms with Gasteiger partial charge in [-0.3, -0.25) is 4.99 Å².